The first-order valence-corrected chi connectivity index (χ1v) is 6.39. The lowest BCUT2D eigenvalue weighted by Crippen LogP contribution is -2.20. The van der Waals surface area contributed by atoms with Gasteiger partial charge in [0.2, 0.25) is 10.0 Å². The summed E-state index contributed by atoms with van der Waals surface area (Å²) in [6, 6.07) is 0. The number of rotatable bonds is 2. The number of hydrazone groups is 1. The average molecular weight is 204 g/mol. The Labute approximate surface area is 79.5 Å². The van der Waals surface area contributed by atoms with E-state index in [1.807, 2.05) is 0 Å². The second-order valence-corrected chi connectivity index (χ2v) is 5.45. The summed E-state index contributed by atoms with van der Waals surface area (Å²) in [5, 5.41) is 3.87. The summed E-state index contributed by atoms with van der Waals surface area (Å²) in [6.45, 7) is 2.21. The molecule has 0 radical (unpaired) electrons. The Morgan fingerprint density at radius 2 is 1.92 bits per heavy atom. The van der Waals surface area contributed by atoms with Crippen LogP contribution in [-0.4, -0.2) is 20.4 Å². The molecular weight excluding hydrogens is 188 g/mol. The zero-order valence-corrected chi connectivity index (χ0v) is 8.89. The summed E-state index contributed by atoms with van der Waals surface area (Å²) in [7, 11) is -3.17. The van der Waals surface area contributed by atoms with E-state index < -0.39 is 10.0 Å². The second-order valence-electron chi connectivity index (χ2n) is 3.72. The average Bonchev–Trinajstić information content (AvgIpc) is 2.02. The molecule has 76 valence electrons. The predicted octanol–water partition coefficient (Wildman–Crippen LogP) is 1.10. The van der Waals surface area contributed by atoms with Crippen molar-refractivity contribution in [1.82, 2.24) is 4.83 Å². The standard InChI is InChI=1S/C8H16N2O2S/c1-7-3-5-8(6-4-7)9-10-13(2,11)12/h7,10H,3-6H2,1-2H3. The molecule has 0 spiro atoms. The lowest BCUT2D eigenvalue weighted by molar-refractivity contribution is 0.482. The van der Waals surface area contributed by atoms with Crippen LogP contribution in [0.2, 0.25) is 0 Å². The molecule has 4 nitrogen and oxygen atoms in total. The van der Waals surface area contributed by atoms with Crippen molar-refractivity contribution in [2.75, 3.05) is 6.26 Å². The Morgan fingerprint density at radius 1 is 1.38 bits per heavy atom. The smallest absolute Gasteiger partial charge is 0.206 e. The fraction of sp³-hybridized carbons (Fsp3) is 0.875. The monoisotopic (exact) mass is 204 g/mol. The summed E-state index contributed by atoms with van der Waals surface area (Å²) in [5.41, 5.74) is 0.975. The number of nitrogens with zero attached hydrogens (tertiary/aromatic N) is 1. The van der Waals surface area contributed by atoms with Gasteiger partial charge in [0.25, 0.3) is 0 Å². The Bertz CT molecular complexity index is 285. The van der Waals surface area contributed by atoms with Gasteiger partial charge in [0.15, 0.2) is 0 Å². The van der Waals surface area contributed by atoms with Crippen LogP contribution in [0.5, 0.6) is 0 Å². The molecule has 1 aliphatic rings. The number of hydrogen-bond acceptors (Lipinski definition) is 3. The van der Waals surface area contributed by atoms with Crippen LogP contribution in [0.15, 0.2) is 5.10 Å². The number of hydrogen-bond donors (Lipinski definition) is 1. The Kier molecular flexibility index (Phi) is 3.30. The van der Waals surface area contributed by atoms with Gasteiger partial charge in [-0.25, -0.2) is 13.2 Å². The quantitative estimate of drug-likeness (QED) is 0.685. The van der Waals surface area contributed by atoms with E-state index in [1.165, 1.54) is 0 Å². The maximum Gasteiger partial charge on any atom is 0.244 e. The zero-order chi connectivity index (χ0) is 9.90. The first-order valence-electron chi connectivity index (χ1n) is 4.49. The van der Waals surface area contributed by atoms with Gasteiger partial charge in [0.05, 0.1) is 6.26 Å². The molecule has 1 saturated carbocycles. The van der Waals surface area contributed by atoms with E-state index in [-0.39, 0.29) is 0 Å². The summed E-state index contributed by atoms with van der Waals surface area (Å²) in [5.74, 6) is 0.747. The SMILES string of the molecule is CC1CCC(=NNS(C)(=O)=O)CC1. The summed E-state index contributed by atoms with van der Waals surface area (Å²) < 4.78 is 21.4. The minimum atomic E-state index is -3.17. The van der Waals surface area contributed by atoms with Gasteiger partial charge in [-0.15, -0.1) is 0 Å². The van der Waals surface area contributed by atoms with Crippen molar-refractivity contribution in [1.29, 1.82) is 0 Å². The molecule has 1 rings (SSSR count). The van der Waals surface area contributed by atoms with Crippen molar-refractivity contribution in [3.05, 3.63) is 0 Å². The topological polar surface area (TPSA) is 58.5 Å². The van der Waals surface area contributed by atoms with E-state index in [0.29, 0.717) is 0 Å². The van der Waals surface area contributed by atoms with Gasteiger partial charge >= 0.3 is 0 Å². The molecule has 0 heterocycles. The Hall–Kier alpha value is -0.580. The van der Waals surface area contributed by atoms with Gasteiger partial charge in [-0.1, -0.05) is 6.92 Å². The van der Waals surface area contributed by atoms with Crippen molar-refractivity contribution < 1.29 is 8.42 Å². The zero-order valence-electron chi connectivity index (χ0n) is 8.08. The van der Waals surface area contributed by atoms with Crippen molar-refractivity contribution in [2.45, 2.75) is 32.6 Å². The molecular formula is C8H16N2O2S. The van der Waals surface area contributed by atoms with Gasteiger partial charge in [-0.3, -0.25) is 0 Å². The molecule has 0 aliphatic heterocycles. The van der Waals surface area contributed by atoms with Crippen LogP contribution in [0.3, 0.4) is 0 Å². The minimum Gasteiger partial charge on any atom is -0.206 e. The first kappa shape index (κ1) is 10.5. The molecule has 1 fully saturated rings. The van der Waals surface area contributed by atoms with Gasteiger partial charge < -0.3 is 0 Å². The maximum absolute atomic E-state index is 10.7. The second kappa shape index (κ2) is 4.09. The first-order chi connectivity index (χ1) is 5.97. The van der Waals surface area contributed by atoms with Crippen LogP contribution in [0.4, 0.5) is 0 Å². The highest BCUT2D eigenvalue weighted by Gasteiger charge is 2.13. The van der Waals surface area contributed by atoms with Gasteiger partial charge in [-0.05, 0) is 31.6 Å². The van der Waals surface area contributed by atoms with Crippen LogP contribution in [0, 0.1) is 5.92 Å². The molecule has 5 heteroatoms. The maximum atomic E-state index is 10.7. The molecule has 0 bridgehead atoms. The van der Waals surface area contributed by atoms with Crippen LogP contribution in [0.1, 0.15) is 32.6 Å². The third-order valence-electron chi connectivity index (χ3n) is 2.22. The van der Waals surface area contributed by atoms with E-state index in [2.05, 4.69) is 16.9 Å². The van der Waals surface area contributed by atoms with Crippen molar-refractivity contribution in [3.63, 3.8) is 0 Å². The third kappa shape index (κ3) is 4.26. The van der Waals surface area contributed by atoms with E-state index in [4.69, 9.17) is 0 Å². The van der Waals surface area contributed by atoms with E-state index >= 15 is 0 Å². The molecule has 0 aromatic carbocycles. The Morgan fingerprint density at radius 3 is 2.38 bits per heavy atom. The van der Waals surface area contributed by atoms with Crippen LogP contribution in [0.25, 0.3) is 0 Å². The molecule has 0 atom stereocenters. The molecule has 0 saturated heterocycles. The van der Waals surface area contributed by atoms with Gasteiger partial charge in [-0.2, -0.15) is 5.10 Å². The molecule has 1 aliphatic carbocycles. The van der Waals surface area contributed by atoms with Crippen LogP contribution in [-0.2, 0) is 10.0 Å². The van der Waals surface area contributed by atoms with Gasteiger partial charge in [0, 0.05) is 5.71 Å². The van der Waals surface area contributed by atoms with Crippen LogP contribution < -0.4 is 4.83 Å². The lowest BCUT2D eigenvalue weighted by atomic mass is 9.90. The third-order valence-corrected chi connectivity index (χ3v) is 2.64. The summed E-state index contributed by atoms with van der Waals surface area (Å²) >= 11 is 0. The fourth-order valence-corrected chi connectivity index (χ4v) is 1.65. The van der Waals surface area contributed by atoms with Crippen molar-refractivity contribution in [3.8, 4) is 0 Å². The highest BCUT2D eigenvalue weighted by Crippen LogP contribution is 2.20. The van der Waals surface area contributed by atoms with Crippen molar-refractivity contribution >= 4 is 15.7 Å². The predicted molar refractivity (Wildman–Crippen MR) is 53.0 cm³/mol. The van der Waals surface area contributed by atoms with E-state index in [0.717, 1.165) is 43.6 Å². The molecule has 0 unspecified atom stereocenters. The number of sulfonamides is 1. The van der Waals surface area contributed by atoms with Gasteiger partial charge in [0.1, 0.15) is 0 Å². The Balaban J connectivity index is 2.45. The highest BCUT2D eigenvalue weighted by atomic mass is 32.2. The lowest BCUT2D eigenvalue weighted by Gasteiger charge is -2.18. The molecule has 0 aromatic rings. The molecule has 0 amide bonds. The highest BCUT2D eigenvalue weighted by molar-refractivity contribution is 7.88. The van der Waals surface area contributed by atoms with E-state index in [1.54, 1.807) is 0 Å². The fourth-order valence-electron chi connectivity index (χ4n) is 1.35. The van der Waals surface area contributed by atoms with Crippen molar-refractivity contribution in [2.24, 2.45) is 11.0 Å². The normalized spacial score (nSPS) is 24.2. The number of nitrogens with one attached hydrogen (secondary N) is 1. The van der Waals surface area contributed by atoms with Crippen LogP contribution >= 0.6 is 0 Å². The summed E-state index contributed by atoms with van der Waals surface area (Å²) in [4.78, 5) is 2.17. The minimum absolute atomic E-state index is 0.747. The summed E-state index contributed by atoms with van der Waals surface area (Å²) in [6.07, 6.45) is 5.18. The van der Waals surface area contributed by atoms with E-state index in [9.17, 15) is 8.42 Å². The molecule has 0 aromatic heterocycles. The molecule has 1 N–H and O–H groups in total. The largest absolute Gasteiger partial charge is 0.244 e. The molecule has 13 heavy (non-hydrogen) atoms.